The number of amides is 1. The number of carbonyl (C=O) groups is 1. The molecule has 0 aliphatic carbocycles. The van der Waals surface area contributed by atoms with E-state index in [0.29, 0.717) is 24.0 Å². The van der Waals surface area contributed by atoms with Crippen molar-refractivity contribution in [2.24, 2.45) is 0 Å². The molecular weight excluding hydrogens is 309 g/mol. The van der Waals surface area contributed by atoms with Crippen LogP contribution in [-0.4, -0.2) is 39.0 Å². The van der Waals surface area contributed by atoms with Crippen LogP contribution in [0.2, 0.25) is 0 Å². The summed E-state index contributed by atoms with van der Waals surface area (Å²) >= 11 is 0. The zero-order valence-electron chi connectivity index (χ0n) is 12.9. The van der Waals surface area contributed by atoms with Crippen molar-refractivity contribution < 1.29 is 14.3 Å². The van der Waals surface area contributed by atoms with E-state index in [1.54, 1.807) is 4.90 Å². The third kappa shape index (κ3) is 2.27. The maximum atomic E-state index is 13.9. The molecule has 6 heteroatoms. The zero-order chi connectivity index (χ0) is 16.7. The molecule has 0 unspecified atom stereocenters. The van der Waals surface area contributed by atoms with Crippen LogP contribution >= 0.6 is 0 Å². The molecule has 1 aliphatic heterocycles. The summed E-state index contributed by atoms with van der Waals surface area (Å²) in [7, 11) is 0. The Kier molecular flexibility index (Phi) is 3.54. The Morgan fingerprint density at radius 3 is 3.04 bits per heavy atom. The zero-order valence-corrected chi connectivity index (χ0v) is 12.9. The average Bonchev–Trinajstić information content (AvgIpc) is 3.07. The van der Waals surface area contributed by atoms with Gasteiger partial charge in [-0.1, -0.05) is 24.3 Å². The summed E-state index contributed by atoms with van der Waals surface area (Å²) in [4.78, 5) is 21.6. The molecule has 2 heterocycles. The van der Waals surface area contributed by atoms with Crippen LogP contribution in [0.3, 0.4) is 0 Å². The summed E-state index contributed by atoms with van der Waals surface area (Å²) in [5.74, 6) is -0.812. The summed E-state index contributed by atoms with van der Waals surface area (Å²) in [5, 5.41) is 9.84. The average molecular weight is 325 g/mol. The maximum absolute atomic E-state index is 13.9. The number of aromatic nitrogens is 2. The molecule has 1 aliphatic rings. The van der Waals surface area contributed by atoms with Gasteiger partial charge in [0.25, 0.3) is 5.91 Å². The predicted octanol–water partition coefficient (Wildman–Crippen LogP) is 2.43. The van der Waals surface area contributed by atoms with Gasteiger partial charge in [0.1, 0.15) is 11.3 Å². The van der Waals surface area contributed by atoms with E-state index in [1.807, 2.05) is 24.3 Å². The van der Waals surface area contributed by atoms with Crippen molar-refractivity contribution in [3.8, 4) is 0 Å². The highest BCUT2D eigenvalue weighted by Crippen LogP contribution is 2.31. The van der Waals surface area contributed by atoms with E-state index in [1.165, 1.54) is 18.5 Å². The fourth-order valence-corrected chi connectivity index (χ4v) is 3.42. The van der Waals surface area contributed by atoms with Gasteiger partial charge in [0.15, 0.2) is 0 Å². The van der Waals surface area contributed by atoms with Gasteiger partial charge in [-0.2, -0.15) is 0 Å². The van der Waals surface area contributed by atoms with Crippen molar-refractivity contribution in [2.75, 3.05) is 13.2 Å². The molecule has 1 amide bonds. The summed E-state index contributed by atoms with van der Waals surface area (Å²) < 4.78 is 13.9. The number of halogens is 1. The molecule has 0 spiro atoms. The Hall–Kier alpha value is -2.73. The molecule has 122 valence electrons. The number of fused-ring (bicyclic) bond motifs is 2. The minimum atomic E-state index is -0.493. The molecule has 0 radical (unpaired) electrons. The first-order valence-corrected chi connectivity index (χ1v) is 7.81. The number of benzene rings is 2. The molecule has 0 fully saturated rings. The number of aromatic amines is 1. The van der Waals surface area contributed by atoms with E-state index in [-0.39, 0.29) is 18.1 Å². The molecule has 0 saturated heterocycles. The van der Waals surface area contributed by atoms with Crippen LogP contribution in [0.4, 0.5) is 4.39 Å². The number of carbonyl (C=O) groups excluding carboxylic acids is 1. The van der Waals surface area contributed by atoms with Gasteiger partial charge in [-0.25, -0.2) is 9.37 Å². The lowest BCUT2D eigenvalue weighted by Gasteiger charge is -2.36. The fourth-order valence-electron chi connectivity index (χ4n) is 3.42. The number of aliphatic hydroxyl groups is 1. The second-order valence-electron chi connectivity index (χ2n) is 5.90. The van der Waals surface area contributed by atoms with E-state index < -0.39 is 11.9 Å². The normalized spacial score (nSPS) is 17.1. The maximum Gasteiger partial charge on any atom is 0.256 e. The number of nitrogens with zero attached hydrogens (tertiary/aromatic N) is 2. The van der Waals surface area contributed by atoms with E-state index in [0.717, 1.165) is 11.1 Å². The van der Waals surface area contributed by atoms with Crippen molar-refractivity contribution in [3.05, 3.63) is 65.2 Å². The van der Waals surface area contributed by atoms with E-state index in [9.17, 15) is 14.3 Å². The van der Waals surface area contributed by atoms with Crippen molar-refractivity contribution in [1.29, 1.82) is 0 Å². The summed E-state index contributed by atoms with van der Waals surface area (Å²) in [6, 6.07) is 9.86. The minimum Gasteiger partial charge on any atom is -0.394 e. The highest BCUT2D eigenvalue weighted by atomic mass is 19.1. The van der Waals surface area contributed by atoms with E-state index in [4.69, 9.17) is 0 Å². The number of rotatable bonds is 2. The molecule has 0 bridgehead atoms. The third-order valence-electron chi connectivity index (χ3n) is 4.56. The minimum absolute atomic E-state index is 0.179. The van der Waals surface area contributed by atoms with Crippen LogP contribution in [0, 0.1) is 5.82 Å². The molecule has 1 atom stereocenters. The van der Waals surface area contributed by atoms with Crippen LogP contribution in [0.15, 0.2) is 42.7 Å². The van der Waals surface area contributed by atoms with Crippen molar-refractivity contribution in [2.45, 2.75) is 12.5 Å². The number of nitrogens with one attached hydrogen (secondary N) is 1. The van der Waals surface area contributed by atoms with Gasteiger partial charge >= 0.3 is 0 Å². The van der Waals surface area contributed by atoms with Gasteiger partial charge in [-0.05, 0) is 29.7 Å². The molecule has 2 aromatic carbocycles. The largest absolute Gasteiger partial charge is 0.394 e. The lowest BCUT2D eigenvalue weighted by atomic mass is 9.92. The summed E-state index contributed by atoms with van der Waals surface area (Å²) in [5.41, 5.74) is 3.20. The smallest absolute Gasteiger partial charge is 0.256 e. The summed E-state index contributed by atoms with van der Waals surface area (Å²) in [6.07, 6.45) is 2.15. The Bertz CT molecular complexity index is 922. The standard InChI is InChI=1S/C18H16FN3O2/c19-12-7-14(17-15(8-12)20-10-21-17)18(24)22-6-5-11-3-1-2-4-13(11)16(22)9-23/h1-4,7-8,10,16,23H,5-6,9H2,(H,20,21)/t16-/m0/s1. The molecule has 3 aromatic rings. The van der Waals surface area contributed by atoms with Crippen molar-refractivity contribution in [3.63, 3.8) is 0 Å². The van der Waals surface area contributed by atoms with Crippen LogP contribution in [0.1, 0.15) is 27.5 Å². The van der Waals surface area contributed by atoms with E-state index in [2.05, 4.69) is 9.97 Å². The number of H-pyrrole nitrogens is 1. The Morgan fingerprint density at radius 1 is 1.38 bits per heavy atom. The predicted molar refractivity (Wildman–Crippen MR) is 87.1 cm³/mol. The van der Waals surface area contributed by atoms with E-state index >= 15 is 0 Å². The Labute approximate surface area is 137 Å². The molecule has 5 nitrogen and oxygen atoms in total. The highest BCUT2D eigenvalue weighted by molar-refractivity contribution is 6.05. The first kappa shape index (κ1) is 14.8. The lowest BCUT2D eigenvalue weighted by molar-refractivity contribution is 0.0570. The topological polar surface area (TPSA) is 69.2 Å². The summed E-state index contributed by atoms with van der Waals surface area (Å²) in [6.45, 7) is 0.297. The van der Waals surface area contributed by atoms with Crippen LogP contribution in [0.25, 0.3) is 11.0 Å². The SMILES string of the molecule is O=C(c1cc(F)cc2[nH]cnc12)N1CCc2ccccc2[C@@H]1CO. The van der Waals surface area contributed by atoms with Crippen molar-refractivity contribution in [1.82, 2.24) is 14.9 Å². The van der Waals surface area contributed by atoms with Gasteiger partial charge in [0.05, 0.1) is 30.1 Å². The quantitative estimate of drug-likeness (QED) is 0.760. The number of hydrogen-bond donors (Lipinski definition) is 2. The molecule has 1 aromatic heterocycles. The fraction of sp³-hybridized carbons (Fsp3) is 0.222. The molecule has 0 saturated carbocycles. The van der Waals surface area contributed by atoms with Crippen LogP contribution in [-0.2, 0) is 6.42 Å². The first-order valence-electron chi connectivity index (χ1n) is 7.81. The van der Waals surface area contributed by atoms with Crippen LogP contribution < -0.4 is 0 Å². The molecule has 24 heavy (non-hydrogen) atoms. The Morgan fingerprint density at radius 2 is 2.21 bits per heavy atom. The molecule has 2 N–H and O–H groups in total. The molecular formula is C18H16FN3O2. The second kappa shape index (κ2) is 5.72. The monoisotopic (exact) mass is 325 g/mol. The van der Waals surface area contributed by atoms with Gasteiger partial charge in [0, 0.05) is 6.54 Å². The van der Waals surface area contributed by atoms with Crippen LogP contribution in [0.5, 0.6) is 0 Å². The van der Waals surface area contributed by atoms with Gasteiger partial charge in [-0.15, -0.1) is 0 Å². The molecule has 4 rings (SSSR count). The van der Waals surface area contributed by atoms with Gasteiger partial charge in [-0.3, -0.25) is 4.79 Å². The lowest BCUT2D eigenvalue weighted by Crippen LogP contribution is -2.41. The van der Waals surface area contributed by atoms with Gasteiger partial charge < -0.3 is 15.0 Å². The third-order valence-corrected chi connectivity index (χ3v) is 4.56. The number of hydrogen-bond acceptors (Lipinski definition) is 3. The second-order valence-corrected chi connectivity index (χ2v) is 5.90. The first-order chi connectivity index (χ1) is 11.7. The van der Waals surface area contributed by atoms with Crippen molar-refractivity contribution >= 4 is 16.9 Å². The highest BCUT2D eigenvalue weighted by Gasteiger charge is 2.32. The number of aliphatic hydroxyl groups excluding tert-OH is 1. The van der Waals surface area contributed by atoms with Gasteiger partial charge in [0.2, 0.25) is 0 Å². The number of imidazole rings is 1. The Balaban J connectivity index is 1.78.